The smallest absolute Gasteiger partial charge is 0.355 e. The van der Waals surface area contributed by atoms with Crippen LogP contribution in [-0.2, 0) is 23.8 Å². The van der Waals surface area contributed by atoms with E-state index < -0.39 is 17.8 Å². The number of ether oxygens (including phenoxy) is 3. The highest BCUT2D eigenvalue weighted by Gasteiger charge is 2.34. The van der Waals surface area contributed by atoms with Gasteiger partial charge in [-0.2, -0.15) is 0 Å². The molecule has 0 radical (unpaired) electrons. The second-order valence-corrected chi connectivity index (χ2v) is 5.20. The Kier molecular flexibility index (Phi) is 5.46. The van der Waals surface area contributed by atoms with Crippen LogP contribution in [0, 0.1) is 5.82 Å². The summed E-state index contributed by atoms with van der Waals surface area (Å²) in [4.78, 5) is 25.1. The van der Waals surface area contributed by atoms with Gasteiger partial charge in [-0.15, -0.1) is 0 Å². The molecule has 0 aliphatic carbocycles. The quantitative estimate of drug-likeness (QED) is 0.607. The molecule has 23 heavy (non-hydrogen) atoms. The van der Waals surface area contributed by atoms with E-state index in [2.05, 4.69) is 9.47 Å². The third-order valence-electron chi connectivity index (χ3n) is 3.14. The maximum absolute atomic E-state index is 14.4. The number of hydrogen-bond donors (Lipinski definition) is 0. The van der Waals surface area contributed by atoms with Gasteiger partial charge in [0.15, 0.2) is 5.82 Å². The van der Waals surface area contributed by atoms with Crippen LogP contribution >= 0.6 is 23.2 Å². The van der Waals surface area contributed by atoms with E-state index in [1.165, 1.54) is 12.1 Å². The molecule has 0 aromatic heterocycles. The molecule has 2 rings (SSSR count). The van der Waals surface area contributed by atoms with Crippen molar-refractivity contribution in [3.8, 4) is 0 Å². The largest absolute Gasteiger partial charge is 0.466 e. The van der Waals surface area contributed by atoms with E-state index in [-0.39, 0.29) is 40.3 Å². The predicted molar refractivity (Wildman–Crippen MR) is 80.8 cm³/mol. The summed E-state index contributed by atoms with van der Waals surface area (Å²) < 4.78 is 28.9. The molecule has 0 unspecified atom stereocenters. The van der Waals surface area contributed by atoms with Crippen LogP contribution in [0.5, 0.6) is 0 Å². The zero-order valence-corrected chi connectivity index (χ0v) is 13.7. The van der Waals surface area contributed by atoms with Crippen LogP contribution in [0.25, 0.3) is 0 Å². The number of anilines is 1. The fourth-order valence-corrected chi connectivity index (χ4v) is 2.36. The van der Waals surface area contributed by atoms with Gasteiger partial charge < -0.3 is 19.1 Å². The van der Waals surface area contributed by atoms with Gasteiger partial charge in [-0.25, -0.2) is 14.0 Å². The number of carbonyl (C=O) groups excluding carboxylic acids is 2. The van der Waals surface area contributed by atoms with Gasteiger partial charge >= 0.3 is 11.9 Å². The Hall–Kier alpha value is -1.83. The van der Waals surface area contributed by atoms with Gasteiger partial charge in [0.25, 0.3) is 0 Å². The summed E-state index contributed by atoms with van der Waals surface area (Å²) in [5.74, 6) is -2.47. The second kappa shape index (κ2) is 7.16. The number of esters is 2. The number of benzene rings is 1. The summed E-state index contributed by atoms with van der Waals surface area (Å²) in [6.45, 7) is -0.351. The first-order valence-corrected chi connectivity index (χ1v) is 7.06. The average Bonchev–Trinajstić information content (AvgIpc) is 2.57. The highest BCUT2D eigenvalue weighted by Crippen LogP contribution is 2.35. The highest BCUT2D eigenvalue weighted by molar-refractivity contribution is 6.42. The lowest BCUT2D eigenvalue weighted by Gasteiger charge is -2.31. The summed E-state index contributed by atoms with van der Waals surface area (Å²) in [7, 11) is 2.30. The highest BCUT2D eigenvalue weighted by atomic mass is 35.5. The Morgan fingerprint density at radius 2 is 1.87 bits per heavy atom. The lowest BCUT2D eigenvalue weighted by atomic mass is 10.1. The number of hydrogen-bond acceptors (Lipinski definition) is 6. The van der Waals surface area contributed by atoms with Crippen molar-refractivity contribution in [1.29, 1.82) is 0 Å². The molecule has 1 heterocycles. The molecular formula is C14H12Cl2FNO5. The third-order valence-corrected chi connectivity index (χ3v) is 3.92. The number of halogens is 3. The zero-order chi connectivity index (χ0) is 17.1. The zero-order valence-electron chi connectivity index (χ0n) is 12.2. The van der Waals surface area contributed by atoms with Crippen molar-refractivity contribution in [2.45, 2.75) is 0 Å². The van der Waals surface area contributed by atoms with E-state index in [1.807, 2.05) is 0 Å². The normalized spacial score (nSPS) is 14.7. The van der Waals surface area contributed by atoms with Gasteiger partial charge in [0.2, 0.25) is 0 Å². The Balaban J connectivity index is 2.62. The number of rotatable bonds is 3. The summed E-state index contributed by atoms with van der Waals surface area (Å²) in [6, 6.07) is 2.68. The van der Waals surface area contributed by atoms with Gasteiger partial charge in [0.05, 0.1) is 42.1 Å². The van der Waals surface area contributed by atoms with Crippen molar-refractivity contribution in [1.82, 2.24) is 0 Å². The van der Waals surface area contributed by atoms with Crippen LogP contribution in [0.1, 0.15) is 0 Å². The Labute approximate surface area is 141 Å². The van der Waals surface area contributed by atoms with E-state index in [1.54, 1.807) is 0 Å². The van der Waals surface area contributed by atoms with E-state index in [0.717, 1.165) is 19.1 Å². The van der Waals surface area contributed by atoms with Crippen LogP contribution < -0.4 is 4.90 Å². The van der Waals surface area contributed by atoms with Crippen molar-refractivity contribution in [2.75, 3.05) is 32.5 Å². The van der Waals surface area contributed by atoms with Gasteiger partial charge in [-0.05, 0) is 12.1 Å². The van der Waals surface area contributed by atoms with Gasteiger partial charge in [-0.1, -0.05) is 23.2 Å². The SMILES string of the molecule is COC(=O)C1=C(C(=O)OC)N(c2ccc(Cl)c(Cl)c2F)COC1. The van der Waals surface area contributed by atoms with Crippen LogP contribution in [-0.4, -0.2) is 39.5 Å². The third kappa shape index (κ3) is 3.26. The number of nitrogens with zero attached hydrogens (tertiary/aromatic N) is 1. The average molecular weight is 364 g/mol. The molecule has 0 spiro atoms. The van der Waals surface area contributed by atoms with Gasteiger partial charge in [0, 0.05) is 0 Å². The Morgan fingerprint density at radius 3 is 2.48 bits per heavy atom. The Morgan fingerprint density at radius 1 is 1.22 bits per heavy atom. The molecule has 1 aromatic carbocycles. The molecule has 9 heteroatoms. The minimum Gasteiger partial charge on any atom is -0.466 e. The van der Waals surface area contributed by atoms with Crippen LogP contribution in [0.3, 0.4) is 0 Å². The number of carbonyl (C=O) groups is 2. The maximum Gasteiger partial charge on any atom is 0.355 e. The molecule has 0 N–H and O–H groups in total. The van der Waals surface area contributed by atoms with Gasteiger partial charge in [-0.3, -0.25) is 0 Å². The first kappa shape index (κ1) is 17.5. The minimum absolute atomic E-state index is 0.0163. The molecule has 0 saturated carbocycles. The molecule has 0 saturated heterocycles. The summed E-state index contributed by atoms with van der Waals surface area (Å²) in [5.41, 5.74) is -0.347. The lowest BCUT2D eigenvalue weighted by molar-refractivity contribution is -0.140. The summed E-state index contributed by atoms with van der Waals surface area (Å²) in [6.07, 6.45) is 0. The molecule has 124 valence electrons. The van der Waals surface area contributed by atoms with E-state index in [0.29, 0.717) is 0 Å². The monoisotopic (exact) mass is 363 g/mol. The molecule has 1 aliphatic rings. The summed E-state index contributed by atoms with van der Waals surface area (Å²) in [5, 5.41) is -0.291. The molecule has 1 aromatic rings. The molecule has 1 aliphatic heterocycles. The first-order chi connectivity index (χ1) is 10.9. The standard InChI is InChI=1S/C14H12Cl2FNO5/c1-21-13(19)7-5-23-6-18(12(7)14(20)22-2)9-4-3-8(15)10(16)11(9)17/h3-4H,5-6H2,1-2H3. The van der Waals surface area contributed by atoms with Crippen molar-refractivity contribution < 1.29 is 28.2 Å². The fraction of sp³-hybridized carbons (Fsp3) is 0.286. The topological polar surface area (TPSA) is 65.1 Å². The number of methoxy groups -OCH3 is 2. The van der Waals surface area contributed by atoms with E-state index in [9.17, 15) is 14.0 Å². The predicted octanol–water partition coefficient (Wildman–Crippen LogP) is 2.53. The molecular weight excluding hydrogens is 352 g/mol. The fourth-order valence-electron chi connectivity index (χ4n) is 2.06. The minimum atomic E-state index is -0.852. The van der Waals surface area contributed by atoms with Crippen molar-refractivity contribution in [3.05, 3.63) is 39.3 Å². The van der Waals surface area contributed by atoms with Crippen molar-refractivity contribution >= 4 is 40.8 Å². The molecule has 6 nitrogen and oxygen atoms in total. The Bertz CT molecular complexity index is 692. The van der Waals surface area contributed by atoms with Crippen molar-refractivity contribution in [3.63, 3.8) is 0 Å². The molecule has 0 atom stereocenters. The molecule has 0 fully saturated rings. The molecule has 0 bridgehead atoms. The van der Waals surface area contributed by atoms with Crippen LogP contribution in [0.4, 0.5) is 10.1 Å². The van der Waals surface area contributed by atoms with Gasteiger partial charge in [0.1, 0.15) is 12.4 Å². The van der Waals surface area contributed by atoms with Crippen LogP contribution in [0.2, 0.25) is 10.0 Å². The molecule has 0 amide bonds. The summed E-state index contributed by atoms with van der Waals surface area (Å²) >= 11 is 11.5. The van der Waals surface area contributed by atoms with E-state index >= 15 is 0 Å². The maximum atomic E-state index is 14.4. The lowest BCUT2D eigenvalue weighted by Crippen LogP contribution is -2.39. The first-order valence-electron chi connectivity index (χ1n) is 6.30. The van der Waals surface area contributed by atoms with E-state index in [4.69, 9.17) is 27.9 Å². The second-order valence-electron chi connectivity index (χ2n) is 4.41. The van der Waals surface area contributed by atoms with Crippen LogP contribution in [0.15, 0.2) is 23.4 Å². The van der Waals surface area contributed by atoms with Crippen molar-refractivity contribution in [2.24, 2.45) is 0 Å².